The highest BCUT2D eigenvalue weighted by atomic mass is 14.8. The molecule has 4 aliphatic carbocycles. The van der Waals surface area contributed by atoms with Gasteiger partial charge in [0.25, 0.3) is 0 Å². The van der Waals surface area contributed by atoms with Gasteiger partial charge in [0.1, 0.15) is 0 Å². The molecule has 4 bridgehead atoms. The van der Waals surface area contributed by atoms with E-state index in [0.29, 0.717) is 5.41 Å². The Labute approximate surface area is 93.8 Å². The summed E-state index contributed by atoms with van der Waals surface area (Å²) in [6, 6.07) is 0. The predicted molar refractivity (Wildman–Crippen MR) is 63.4 cm³/mol. The first-order valence-corrected chi connectivity index (χ1v) is 6.66. The molecule has 0 spiro atoms. The fraction of sp³-hybridized carbons (Fsp3) is 1.00. The SMILES string of the molecule is CC12CC3CC(C1)C(C(C)(C)N)C(C3)C2. The molecule has 0 radical (unpaired) electrons. The summed E-state index contributed by atoms with van der Waals surface area (Å²) in [6.07, 6.45) is 7.41. The summed E-state index contributed by atoms with van der Waals surface area (Å²) in [6.45, 7) is 7.03. The topological polar surface area (TPSA) is 26.0 Å². The summed E-state index contributed by atoms with van der Waals surface area (Å²) in [4.78, 5) is 0. The van der Waals surface area contributed by atoms with Crippen LogP contribution in [-0.4, -0.2) is 5.54 Å². The first kappa shape index (κ1) is 10.1. The lowest BCUT2D eigenvalue weighted by Crippen LogP contribution is -2.58. The Morgan fingerprint density at radius 1 is 1.07 bits per heavy atom. The van der Waals surface area contributed by atoms with Crippen molar-refractivity contribution in [1.82, 2.24) is 0 Å². The second-order valence-corrected chi connectivity index (χ2v) is 7.63. The van der Waals surface area contributed by atoms with Crippen LogP contribution in [0.3, 0.4) is 0 Å². The van der Waals surface area contributed by atoms with E-state index in [0.717, 1.165) is 23.7 Å². The summed E-state index contributed by atoms with van der Waals surface area (Å²) >= 11 is 0. The minimum Gasteiger partial charge on any atom is -0.325 e. The van der Waals surface area contributed by atoms with Crippen LogP contribution in [0, 0.1) is 29.1 Å². The van der Waals surface area contributed by atoms with E-state index in [4.69, 9.17) is 5.73 Å². The molecule has 4 saturated carbocycles. The molecular formula is C14H25N. The molecule has 0 saturated heterocycles. The van der Waals surface area contributed by atoms with Crippen molar-refractivity contribution in [2.75, 3.05) is 0 Å². The van der Waals surface area contributed by atoms with E-state index < -0.39 is 0 Å². The van der Waals surface area contributed by atoms with E-state index in [1.54, 1.807) is 0 Å². The summed E-state index contributed by atoms with van der Waals surface area (Å²) in [5.41, 5.74) is 7.15. The number of hydrogen-bond donors (Lipinski definition) is 1. The Balaban J connectivity index is 1.91. The van der Waals surface area contributed by atoms with Crippen molar-refractivity contribution in [2.24, 2.45) is 34.8 Å². The van der Waals surface area contributed by atoms with Gasteiger partial charge >= 0.3 is 0 Å². The largest absolute Gasteiger partial charge is 0.325 e. The van der Waals surface area contributed by atoms with Gasteiger partial charge in [0.2, 0.25) is 0 Å². The van der Waals surface area contributed by atoms with Crippen LogP contribution in [-0.2, 0) is 0 Å². The van der Waals surface area contributed by atoms with Crippen LogP contribution in [0.25, 0.3) is 0 Å². The van der Waals surface area contributed by atoms with Gasteiger partial charge in [-0.3, -0.25) is 0 Å². The molecule has 0 aromatic carbocycles. The van der Waals surface area contributed by atoms with Crippen LogP contribution in [0.15, 0.2) is 0 Å². The molecule has 4 aliphatic rings. The maximum Gasteiger partial charge on any atom is 0.0131 e. The monoisotopic (exact) mass is 207 g/mol. The Morgan fingerprint density at radius 2 is 1.60 bits per heavy atom. The highest BCUT2D eigenvalue weighted by Gasteiger charge is 2.55. The third-order valence-electron chi connectivity index (χ3n) is 5.44. The van der Waals surface area contributed by atoms with Crippen LogP contribution < -0.4 is 5.73 Å². The zero-order chi connectivity index (χ0) is 10.8. The quantitative estimate of drug-likeness (QED) is 0.702. The summed E-state index contributed by atoms with van der Waals surface area (Å²) in [5.74, 6) is 3.75. The molecule has 4 rings (SSSR count). The molecule has 2 N–H and O–H groups in total. The number of rotatable bonds is 1. The molecule has 86 valence electrons. The lowest BCUT2D eigenvalue weighted by Gasteiger charge is -2.62. The van der Waals surface area contributed by atoms with Crippen LogP contribution in [0.5, 0.6) is 0 Å². The first-order chi connectivity index (χ1) is 6.87. The maximum atomic E-state index is 6.40. The molecule has 15 heavy (non-hydrogen) atoms. The van der Waals surface area contributed by atoms with Crippen molar-refractivity contribution in [3.8, 4) is 0 Å². The van der Waals surface area contributed by atoms with Gasteiger partial charge in [-0.05, 0) is 75.0 Å². The van der Waals surface area contributed by atoms with Crippen LogP contribution in [0.4, 0.5) is 0 Å². The Bertz CT molecular complexity index is 260. The zero-order valence-electron chi connectivity index (χ0n) is 10.4. The summed E-state index contributed by atoms with van der Waals surface area (Å²) in [5, 5.41) is 0. The molecule has 0 aromatic heterocycles. The smallest absolute Gasteiger partial charge is 0.0131 e. The Hall–Kier alpha value is -0.0400. The van der Waals surface area contributed by atoms with Gasteiger partial charge in [0.15, 0.2) is 0 Å². The van der Waals surface area contributed by atoms with E-state index in [1.165, 1.54) is 32.1 Å². The molecule has 1 nitrogen and oxygen atoms in total. The molecule has 1 heteroatoms. The van der Waals surface area contributed by atoms with E-state index in [1.807, 2.05) is 0 Å². The van der Waals surface area contributed by atoms with Gasteiger partial charge in [0, 0.05) is 5.54 Å². The third-order valence-corrected chi connectivity index (χ3v) is 5.44. The maximum absolute atomic E-state index is 6.40. The third kappa shape index (κ3) is 1.46. The minimum absolute atomic E-state index is 0.0545. The normalized spacial score (nSPS) is 53.6. The van der Waals surface area contributed by atoms with Crippen molar-refractivity contribution >= 4 is 0 Å². The Morgan fingerprint density at radius 3 is 2.00 bits per heavy atom. The van der Waals surface area contributed by atoms with Gasteiger partial charge in [0.05, 0.1) is 0 Å². The van der Waals surface area contributed by atoms with Crippen molar-refractivity contribution in [2.45, 2.75) is 58.4 Å². The average Bonchev–Trinajstić information content (AvgIpc) is 1.94. The van der Waals surface area contributed by atoms with Gasteiger partial charge in [-0.1, -0.05) is 6.92 Å². The summed E-state index contributed by atoms with van der Waals surface area (Å²) < 4.78 is 0. The van der Waals surface area contributed by atoms with Gasteiger partial charge in [-0.15, -0.1) is 0 Å². The lowest BCUT2D eigenvalue weighted by molar-refractivity contribution is -0.106. The van der Waals surface area contributed by atoms with E-state index >= 15 is 0 Å². The molecule has 2 unspecified atom stereocenters. The molecule has 2 atom stereocenters. The highest BCUT2D eigenvalue weighted by Crippen LogP contribution is 2.63. The molecule has 0 aliphatic heterocycles. The fourth-order valence-corrected chi connectivity index (χ4v) is 5.65. The van der Waals surface area contributed by atoms with Crippen LogP contribution in [0.2, 0.25) is 0 Å². The second-order valence-electron chi connectivity index (χ2n) is 7.63. The van der Waals surface area contributed by atoms with Crippen LogP contribution >= 0.6 is 0 Å². The lowest BCUT2D eigenvalue weighted by atomic mass is 9.44. The van der Waals surface area contributed by atoms with Gasteiger partial charge < -0.3 is 5.73 Å². The highest BCUT2D eigenvalue weighted by molar-refractivity contribution is 5.07. The molecular weight excluding hydrogens is 182 g/mol. The first-order valence-electron chi connectivity index (χ1n) is 6.66. The predicted octanol–water partition coefficient (Wildman–Crippen LogP) is 3.19. The van der Waals surface area contributed by atoms with Gasteiger partial charge in [-0.25, -0.2) is 0 Å². The van der Waals surface area contributed by atoms with E-state index in [2.05, 4.69) is 20.8 Å². The van der Waals surface area contributed by atoms with Gasteiger partial charge in [-0.2, -0.15) is 0 Å². The number of nitrogens with two attached hydrogens (primary N) is 1. The number of hydrogen-bond acceptors (Lipinski definition) is 1. The van der Waals surface area contributed by atoms with Crippen molar-refractivity contribution in [1.29, 1.82) is 0 Å². The standard InChI is InChI=1S/C14H25N/c1-13(2,15)12-10-4-9-5-11(12)8-14(3,6-9)7-10/h9-12H,4-8,15H2,1-3H3. The minimum atomic E-state index is 0.0545. The van der Waals surface area contributed by atoms with Crippen LogP contribution in [0.1, 0.15) is 52.9 Å². The van der Waals surface area contributed by atoms with E-state index in [9.17, 15) is 0 Å². The zero-order valence-corrected chi connectivity index (χ0v) is 10.4. The molecule has 0 amide bonds. The molecule has 0 aromatic rings. The van der Waals surface area contributed by atoms with Crippen molar-refractivity contribution in [3.05, 3.63) is 0 Å². The fourth-order valence-electron chi connectivity index (χ4n) is 5.65. The second kappa shape index (κ2) is 2.80. The van der Waals surface area contributed by atoms with Crippen molar-refractivity contribution < 1.29 is 0 Å². The van der Waals surface area contributed by atoms with E-state index in [-0.39, 0.29) is 5.54 Å². The van der Waals surface area contributed by atoms with Crippen molar-refractivity contribution in [3.63, 3.8) is 0 Å². The average molecular weight is 207 g/mol. The molecule has 4 fully saturated rings. The molecule has 0 heterocycles. The Kier molecular flexibility index (Phi) is 1.89. The summed E-state index contributed by atoms with van der Waals surface area (Å²) in [7, 11) is 0.